The van der Waals surface area contributed by atoms with E-state index in [1.54, 1.807) is 18.9 Å². The van der Waals surface area contributed by atoms with Crippen molar-refractivity contribution in [1.82, 2.24) is 0 Å². The highest BCUT2D eigenvalue weighted by Gasteiger charge is 2.29. The summed E-state index contributed by atoms with van der Waals surface area (Å²) in [5, 5.41) is 0. The first-order chi connectivity index (χ1) is 9.99. The molecule has 2 N–H and O–H groups in total. The van der Waals surface area contributed by atoms with E-state index in [1.165, 1.54) is 0 Å². The third kappa shape index (κ3) is 2.95. The van der Waals surface area contributed by atoms with Crippen molar-refractivity contribution in [3.05, 3.63) is 29.8 Å². The van der Waals surface area contributed by atoms with Gasteiger partial charge >= 0.3 is 0 Å². The quantitative estimate of drug-likeness (QED) is 0.671. The predicted molar refractivity (Wildman–Crippen MR) is 79.1 cm³/mol. The van der Waals surface area contributed by atoms with Crippen LogP contribution in [0.15, 0.2) is 12.6 Å². The molecule has 1 aromatic rings. The Balaban J connectivity index is 2.42. The van der Waals surface area contributed by atoms with Gasteiger partial charge in [-0.3, -0.25) is 0 Å². The number of nitrogen functional groups attached to an aromatic ring is 1. The molecule has 6 heteroatoms. The van der Waals surface area contributed by atoms with Gasteiger partial charge in [-0.1, -0.05) is 6.58 Å². The molecular formula is C15H20F2N2O2. The number of benzene rings is 1. The molecule has 1 heterocycles. The molecular weight excluding hydrogens is 278 g/mol. The number of hydrogen-bond acceptors (Lipinski definition) is 4. The van der Waals surface area contributed by atoms with Crippen LogP contribution < -0.4 is 10.6 Å². The highest BCUT2D eigenvalue weighted by molar-refractivity contribution is 5.75. The van der Waals surface area contributed by atoms with Gasteiger partial charge in [-0.15, -0.1) is 0 Å². The van der Waals surface area contributed by atoms with Crippen molar-refractivity contribution in [3.8, 4) is 0 Å². The molecule has 0 aliphatic carbocycles. The first kappa shape index (κ1) is 15.6. The minimum Gasteiger partial charge on any atom is -0.494 e. The molecule has 0 spiro atoms. The molecule has 1 atom stereocenters. The zero-order valence-corrected chi connectivity index (χ0v) is 12.3. The molecule has 1 aromatic carbocycles. The normalized spacial score (nSPS) is 18.1. The fourth-order valence-corrected chi connectivity index (χ4v) is 2.57. The number of anilines is 2. The third-order valence-corrected chi connectivity index (χ3v) is 3.62. The Kier molecular flexibility index (Phi) is 4.67. The van der Waals surface area contributed by atoms with Crippen LogP contribution in [0.5, 0.6) is 0 Å². The first-order valence-electron chi connectivity index (χ1n) is 6.86. The second-order valence-electron chi connectivity index (χ2n) is 4.93. The molecule has 4 nitrogen and oxygen atoms in total. The van der Waals surface area contributed by atoms with Gasteiger partial charge in [0.15, 0.2) is 11.6 Å². The molecule has 1 fully saturated rings. The van der Waals surface area contributed by atoms with Gasteiger partial charge in [-0.25, -0.2) is 8.78 Å². The predicted octanol–water partition coefficient (Wildman–Crippen LogP) is 2.78. The summed E-state index contributed by atoms with van der Waals surface area (Å²) in [6.07, 6.45) is 0.696. The molecule has 1 saturated heterocycles. The van der Waals surface area contributed by atoms with E-state index in [4.69, 9.17) is 15.2 Å². The largest absolute Gasteiger partial charge is 0.494 e. The van der Waals surface area contributed by atoms with Crippen molar-refractivity contribution in [2.75, 3.05) is 37.4 Å². The monoisotopic (exact) mass is 298 g/mol. The summed E-state index contributed by atoms with van der Waals surface area (Å²) in [4.78, 5) is 1.63. The maximum atomic E-state index is 14.7. The van der Waals surface area contributed by atoms with Gasteiger partial charge in [0.2, 0.25) is 0 Å². The van der Waals surface area contributed by atoms with Crippen molar-refractivity contribution in [1.29, 1.82) is 0 Å². The van der Waals surface area contributed by atoms with E-state index in [-0.39, 0.29) is 28.8 Å². The van der Waals surface area contributed by atoms with E-state index < -0.39 is 11.6 Å². The van der Waals surface area contributed by atoms with Gasteiger partial charge in [0, 0.05) is 25.9 Å². The molecule has 0 unspecified atom stereocenters. The van der Waals surface area contributed by atoms with E-state index >= 15 is 0 Å². The van der Waals surface area contributed by atoms with Crippen molar-refractivity contribution in [2.45, 2.75) is 19.4 Å². The van der Waals surface area contributed by atoms with Crippen LogP contribution in [0, 0.1) is 11.6 Å². The second-order valence-corrected chi connectivity index (χ2v) is 4.93. The zero-order chi connectivity index (χ0) is 15.6. The molecule has 1 aliphatic heterocycles. The number of nitrogens with two attached hydrogens (primary N) is 1. The Labute approximate surface area is 123 Å². The van der Waals surface area contributed by atoms with Gasteiger partial charge in [0.05, 0.1) is 18.3 Å². The molecule has 0 bridgehead atoms. The number of rotatable bonds is 5. The van der Waals surface area contributed by atoms with Gasteiger partial charge in [-0.05, 0) is 19.4 Å². The number of ether oxygens (including phenoxy) is 2. The molecule has 0 amide bonds. The van der Waals surface area contributed by atoms with Crippen molar-refractivity contribution in [3.63, 3.8) is 0 Å². The number of halogens is 2. The van der Waals surface area contributed by atoms with Crippen molar-refractivity contribution in [2.24, 2.45) is 0 Å². The highest BCUT2D eigenvalue weighted by Crippen LogP contribution is 2.35. The summed E-state index contributed by atoms with van der Waals surface area (Å²) in [6, 6.07) is 1.11. The summed E-state index contributed by atoms with van der Waals surface area (Å²) in [7, 11) is 1.59. The first-order valence-corrected chi connectivity index (χ1v) is 6.86. The topological polar surface area (TPSA) is 47.7 Å². The summed E-state index contributed by atoms with van der Waals surface area (Å²) in [6.45, 7) is 6.71. The van der Waals surface area contributed by atoms with Crippen LogP contribution in [-0.4, -0.2) is 32.9 Å². The molecule has 1 aliphatic rings. The van der Waals surface area contributed by atoms with Crippen LogP contribution in [0.1, 0.15) is 18.9 Å². The lowest BCUT2D eigenvalue weighted by Crippen LogP contribution is -2.25. The average Bonchev–Trinajstić information content (AvgIpc) is 2.87. The lowest BCUT2D eigenvalue weighted by Gasteiger charge is -2.22. The molecule has 21 heavy (non-hydrogen) atoms. The Bertz CT molecular complexity index is 549. The van der Waals surface area contributed by atoms with E-state index in [9.17, 15) is 8.78 Å². The third-order valence-electron chi connectivity index (χ3n) is 3.62. The molecule has 0 radical (unpaired) electrons. The number of methoxy groups -OCH3 is 1. The van der Waals surface area contributed by atoms with Crippen molar-refractivity contribution >= 4 is 17.1 Å². The minimum absolute atomic E-state index is 0.0188. The molecule has 0 saturated carbocycles. The van der Waals surface area contributed by atoms with E-state index in [0.29, 0.717) is 19.7 Å². The minimum atomic E-state index is -0.734. The smallest absolute Gasteiger partial charge is 0.162 e. The molecule has 116 valence electrons. The zero-order valence-electron chi connectivity index (χ0n) is 12.3. The molecule has 0 aromatic heterocycles. The van der Waals surface area contributed by atoms with Crippen LogP contribution in [0.25, 0.3) is 5.76 Å². The molecule has 2 rings (SSSR count). The summed E-state index contributed by atoms with van der Waals surface area (Å²) in [5.74, 6) is -1.31. The summed E-state index contributed by atoms with van der Waals surface area (Å²) in [5.41, 5.74) is 5.62. The highest BCUT2D eigenvalue weighted by atomic mass is 19.1. The maximum absolute atomic E-state index is 14.7. The Hall–Kier alpha value is -1.82. The van der Waals surface area contributed by atoms with Crippen LogP contribution >= 0.6 is 0 Å². The fourth-order valence-electron chi connectivity index (χ4n) is 2.57. The lowest BCUT2D eigenvalue weighted by molar-refractivity contribution is 0.121. The Morgan fingerprint density at radius 2 is 2.24 bits per heavy atom. The van der Waals surface area contributed by atoms with Crippen LogP contribution in [0.4, 0.5) is 20.2 Å². The van der Waals surface area contributed by atoms with E-state index in [0.717, 1.165) is 12.5 Å². The van der Waals surface area contributed by atoms with Crippen LogP contribution in [0.2, 0.25) is 0 Å². The van der Waals surface area contributed by atoms with E-state index in [2.05, 4.69) is 6.58 Å². The summed E-state index contributed by atoms with van der Waals surface area (Å²) >= 11 is 0. The SMILES string of the molecule is C=C(OCC)c1c(N)cc(F)c(N2CC[C@H](OC)C2)c1F. The van der Waals surface area contributed by atoms with Crippen LogP contribution in [-0.2, 0) is 9.47 Å². The van der Waals surface area contributed by atoms with Gasteiger partial charge in [0.1, 0.15) is 11.4 Å². The number of hydrogen-bond donors (Lipinski definition) is 1. The fraction of sp³-hybridized carbons (Fsp3) is 0.467. The van der Waals surface area contributed by atoms with Gasteiger partial charge in [-0.2, -0.15) is 0 Å². The standard InChI is InChI=1S/C15H20F2N2O2/c1-4-21-9(2)13-12(18)7-11(16)15(14(13)17)19-6-5-10(8-19)20-3/h7,10H,2,4-6,8,18H2,1,3H3/t10-/m0/s1. The summed E-state index contributed by atoms with van der Waals surface area (Å²) < 4.78 is 39.3. The van der Waals surface area contributed by atoms with E-state index in [1.807, 2.05) is 0 Å². The number of nitrogens with zero attached hydrogens (tertiary/aromatic N) is 1. The Morgan fingerprint density at radius 3 is 2.81 bits per heavy atom. The van der Waals surface area contributed by atoms with Gasteiger partial charge in [0.25, 0.3) is 0 Å². The maximum Gasteiger partial charge on any atom is 0.162 e. The average molecular weight is 298 g/mol. The van der Waals surface area contributed by atoms with Gasteiger partial charge < -0.3 is 20.1 Å². The van der Waals surface area contributed by atoms with Crippen molar-refractivity contribution < 1.29 is 18.3 Å². The lowest BCUT2D eigenvalue weighted by atomic mass is 10.1. The second kappa shape index (κ2) is 6.30. The van der Waals surface area contributed by atoms with Crippen LogP contribution in [0.3, 0.4) is 0 Å². The Morgan fingerprint density at radius 1 is 1.52 bits per heavy atom.